The summed E-state index contributed by atoms with van der Waals surface area (Å²) in [6.07, 6.45) is 1.11. The number of rotatable bonds is 4. The third kappa shape index (κ3) is 3.19. The van der Waals surface area contributed by atoms with Crippen molar-refractivity contribution in [2.24, 2.45) is 5.73 Å². The van der Waals surface area contributed by atoms with Crippen LogP contribution in [-0.4, -0.2) is 58.8 Å². The molecule has 0 aromatic carbocycles. The molecule has 2 N–H and O–H groups in total. The van der Waals surface area contributed by atoms with Crippen molar-refractivity contribution >= 4 is 5.95 Å². The van der Waals surface area contributed by atoms with Gasteiger partial charge >= 0.3 is 0 Å². The highest BCUT2D eigenvalue weighted by atomic mass is 15.4. The van der Waals surface area contributed by atoms with E-state index in [9.17, 15) is 0 Å². The molecule has 1 atom stereocenters. The summed E-state index contributed by atoms with van der Waals surface area (Å²) in [5.74, 6) is 0.753. The van der Waals surface area contributed by atoms with Gasteiger partial charge in [-0.3, -0.25) is 4.90 Å². The Hall–Kier alpha value is -1.27. The standard InChI is InChI=1S/C13H24N6/c1-4-12(9-14)18-5-7-19(8-6-18)13-15-10(2)11(3)16-17-13/h12H,4-9,14H2,1-3H3. The topological polar surface area (TPSA) is 71.2 Å². The van der Waals surface area contributed by atoms with E-state index in [1.165, 1.54) is 0 Å². The maximum Gasteiger partial charge on any atom is 0.245 e. The Morgan fingerprint density at radius 1 is 1.11 bits per heavy atom. The van der Waals surface area contributed by atoms with E-state index in [1.807, 2.05) is 13.8 Å². The summed E-state index contributed by atoms with van der Waals surface area (Å²) in [6.45, 7) is 10.8. The van der Waals surface area contributed by atoms with Crippen molar-refractivity contribution in [3.8, 4) is 0 Å². The predicted octanol–water partition coefficient (Wildman–Crippen LogP) is 0.348. The molecule has 1 aliphatic heterocycles. The summed E-state index contributed by atoms with van der Waals surface area (Å²) in [4.78, 5) is 9.19. The fourth-order valence-electron chi connectivity index (χ4n) is 2.44. The van der Waals surface area contributed by atoms with Gasteiger partial charge in [0.05, 0.1) is 11.4 Å². The molecular weight excluding hydrogens is 240 g/mol. The molecule has 106 valence electrons. The Morgan fingerprint density at radius 3 is 2.32 bits per heavy atom. The summed E-state index contributed by atoms with van der Waals surface area (Å²) in [5.41, 5.74) is 7.67. The van der Waals surface area contributed by atoms with E-state index in [0.29, 0.717) is 6.04 Å². The first-order valence-electron chi connectivity index (χ1n) is 7.02. The van der Waals surface area contributed by atoms with Gasteiger partial charge in [0.1, 0.15) is 0 Å². The van der Waals surface area contributed by atoms with E-state index in [-0.39, 0.29) is 0 Å². The first-order chi connectivity index (χ1) is 9.15. The molecule has 1 fully saturated rings. The van der Waals surface area contributed by atoms with Crippen LogP contribution in [0.3, 0.4) is 0 Å². The first kappa shape index (κ1) is 14.1. The van der Waals surface area contributed by atoms with Gasteiger partial charge in [0.2, 0.25) is 5.95 Å². The molecule has 1 aliphatic rings. The number of anilines is 1. The maximum absolute atomic E-state index is 5.81. The van der Waals surface area contributed by atoms with Crippen LogP contribution >= 0.6 is 0 Å². The van der Waals surface area contributed by atoms with Gasteiger partial charge < -0.3 is 10.6 Å². The quantitative estimate of drug-likeness (QED) is 0.846. The zero-order valence-electron chi connectivity index (χ0n) is 12.1. The summed E-state index contributed by atoms with van der Waals surface area (Å²) < 4.78 is 0. The molecule has 0 radical (unpaired) electrons. The molecule has 0 spiro atoms. The Kier molecular flexibility index (Phi) is 4.66. The highest BCUT2D eigenvalue weighted by Gasteiger charge is 2.23. The number of aryl methyl sites for hydroxylation is 2. The minimum atomic E-state index is 0.501. The van der Waals surface area contributed by atoms with Gasteiger partial charge in [0, 0.05) is 38.8 Å². The lowest BCUT2D eigenvalue weighted by Crippen LogP contribution is -2.52. The molecule has 1 unspecified atom stereocenters. The van der Waals surface area contributed by atoms with Crippen molar-refractivity contribution in [2.45, 2.75) is 33.2 Å². The number of aromatic nitrogens is 3. The van der Waals surface area contributed by atoms with Crippen molar-refractivity contribution in [1.82, 2.24) is 20.1 Å². The van der Waals surface area contributed by atoms with Gasteiger partial charge in [-0.2, -0.15) is 5.10 Å². The van der Waals surface area contributed by atoms with E-state index in [4.69, 9.17) is 5.73 Å². The second kappa shape index (κ2) is 6.25. The number of hydrogen-bond donors (Lipinski definition) is 1. The normalized spacial score (nSPS) is 18.6. The maximum atomic E-state index is 5.81. The lowest BCUT2D eigenvalue weighted by Gasteiger charge is -2.38. The second-order valence-corrected chi connectivity index (χ2v) is 5.10. The molecule has 0 saturated carbocycles. The van der Waals surface area contributed by atoms with Gasteiger partial charge in [-0.25, -0.2) is 4.98 Å². The smallest absolute Gasteiger partial charge is 0.245 e. The van der Waals surface area contributed by atoms with Crippen LogP contribution in [0.5, 0.6) is 0 Å². The van der Waals surface area contributed by atoms with Crippen molar-refractivity contribution in [1.29, 1.82) is 0 Å². The third-order valence-corrected chi connectivity index (χ3v) is 3.94. The van der Waals surface area contributed by atoms with Gasteiger partial charge in [-0.05, 0) is 20.3 Å². The van der Waals surface area contributed by atoms with E-state index >= 15 is 0 Å². The first-order valence-corrected chi connectivity index (χ1v) is 7.02. The van der Waals surface area contributed by atoms with Crippen molar-refractivity contribution in [2.75, 3.05) is 37.6 Å². The van der Waals surface area contributed by atoms with Gasteiger partial charge in [-0.1, -0.05) is 6.92 Å². The van der Waals surface area contributed by atoms with Gasteiger partial charge in [-0.15, -0.1) is 5.10 Å². The predicted molar refractivity (Wildman–Crippen MR) is 76.2 cm³/mol. The molecular formula is C13H24N6. The number of hydrogen-bond acceptors (Lipinski definition) is 6. The minimum absolute atomic E-state index is 0.501. The van der Waals surface area contributed by atoms with Crippen LogP contribution < -0.4 is 10.6 Å². The van der Waals surface area contributed by atoms with E-state index in [0.717, 1.165) is 56.5 Å². The van der Waals surface area contributed by atoms with Crippen LogP contribution in [0.25, 0.3) is 0 Å². The molecule has 1 saturated heterocycles. The van der Waals surface area contributed by atoms with Crippen LogP contribution in [0.1, 0.15) is 24.7 Å². The summed E-state index contributed by atoms with van der Waals surface area (Å²) in [7, 11) is 0. The molecule has 2 rings (SSSR count). The summed E-state index contributed by atoms with van der Waals surface area (Å²) >= 11 is 0. The molecule has 19 heavy (non-hydrogen) atoms. The van der Waals surface area contributed by atoms with Crippen LogP contribution in [0, 0.1) is 13.8 Å². The summed E-state index contributed by atoms with van der Waals surface area (Å²) in [6, 6.07) is 0.501. The second-order valence-electron chi connectivity index (χ2n) is 5.10. The number of nitrogens with two attached hydrogens (primary N) is 1. The van der Waals surface area contributed by atoms with Crippen molar-refractivity contribution < 1.29 is 0 Å². The third-order valence-electron chi connectivity index (χ3n) is 3.94. The molecule has 6 heteroatoms. The molecule has 2 heterocycles. The Balaban J connectivity index is 1.97. The van der Waals surface area contributed by atoms with Crippen LogP contribution in [0.4, 0.5) is 5.95 Å². The van der Waals surface area contributed by atoms with Crippen molar-refractivity contribution in [3.05, 3.63) is 11.4 Å². The average Bonchev–Trinajstić information content (AvgIpc) is 2.44. The molecule has 0 amide bonds. The van der Waals surface area contributed by atoms with Crippen LogP contribution in [0.15, 0.2) is 0 Å². The summed E-state index contributed by atoms with van der Waals surface area (Å²) in [5, 5.41) is 8.35. The zero-order chi connectivity index (χ0) is 13.8. The molecule has 0 bridgehead atoms. The lowest BCUT2D eigenvalue weighted by molar-refractivity contribution is 0.183. The zero-order valence-corrected chi connectivity index (χ0v) is 12.1. The van der Waals surface area contributed by atoms with Gasteiger partial charge in [0.25, 0.3) is 0 Å². The molecule has 0 aliphatic carbocycles. The van der Waals surface area contributed by atoms with Crippen LogP contribution in [-0.2, 0) is 0 Å². The highest BCUT2D eigenvalue weighted by molar-refractivity contribution is 5.30. The van der Waals surface area contributed by atoms with Crippen molar-refractivity contribution in [3.63, 3.8) is 0 Å². The monoisotopic (exact) mass is 264 g/mol. The van der Waals surface area contributed by atoms with E-state index in [2.05, 4.69) is 31.9 Å². The Bertz CT molecular complexity index is 410. The number of piperazine rings is 1. The molecule has 6 nitrogen and oxygen atoms in total. The SMILES string of the molecule is CCC(CN)N1CCN(c2nnc(C)c(C)n2)CC1. The molecule has 1 aromatic heterocycles. The van der Waals surface area contributed by atoms with E-state index in [1.54, 1.807) is 0 Å². The van der Waals surface area contributed by atoms with Crippen LogP contribution in [0.2, 0.25) is 0 Å². The highest BCUT2D eigenvalue weighted by Crippen LogP contribution is 2.14. The Morgan fingerprint density at radius 2 is 1.79 bits per heavy atom. The Labute approximate surface area is 115 Å². The van der Waals surface area contributed by atoms with Gasteiger partial charge in [0.15, 0.2) is 0 Å². The average molecular weight is 264 g/mol. The van der Waals surface area contributed by atoms with E-state index < -0.39 is 0 Å². The minimum Gasteiger partial charge on any atom is -0.337 e. The lowest BCUT2D eigenvalue weighted by atomic mass is 10.1. The molecule has 1 aromatic rings. The number of nitrogens with zero attached hydrogens (tertiary/aromatic N) is 5. The largest absolute Gasteiger partial charge is 0.337 e. The fourth-order valence-corrected chi connectivity index (χ4v) is 2.44. The fraction of sp³-hybridized carbons (Fsp3) is 0.769.